The lowest BCUT2D eigenvalue weighted by Gasteiger charge is -2.32. The fourth-order valence-electron chi connectivity index (χ4n) is 3.47. The van der Waals surface area contributed by atoms with Crippen LogP contribution in [0, 0.1) is 5.41 Å². The highest BCUT2D eigenvalue weighted by molar-refractivity contribution is 6.12. The van der Waals surface area contributed by atoms with E-state index in [2.05, 4.69) is 20.3 Å². The molecule has 10 heteroatoms. The minimum absolute atomic E-state index is 0.0744. The Kier molecular flexibility index (Phi) is 4.69. The van der Waals surface area contributed by atoms with Gasteiger partial charge in [0, 0.05) is 37.0 Å². The highest BCUT2D eigenvalue weighted by atomic mass is 19.4. The molecule has 4 rings (SSSR count). The number of H-pyrrole nitrogens is 1. The van der Waals surface area contributed by atoms with Gasteiger partial charge in [0.2, 0.25) is 0 Å². The zero-order valence-corrected chi connectivity index (χ0v) is 15.2. The number of aromatic nitrogens is 3. The van der Waals surface area contributed by atoms with E-state index in [0.717, 1.165) is 6.20 Å². The first-order chi connectivity index (χ1) is 13.8. The van der Waals surface area contributed by atoms with E-state index in [1.54, 1.807) is 12.1 Å². The molecule has 0 saturated carbocycles. The van der Waals surface area contributed by atoms with Crippen molar-refractivity contribution < 1.29 is 18.0 Å². The number of nitrogens with zero attached hydrogens (tertiary/aromatic N) is 3. The van der Waals surface area contributed by atoms with E-state index in [1.807, 2.05) is 0 Å². The maximum Gasteiger partial charge on any atom is 0.419 e. The third kappa shape index (κ3) is 3.65. The van der Waals surface area contributed by atoms with Crippen LogP contribution in [0.2, 0.25) is 0 Å². The van der Waals surface area contributed by atoms with E-state index in [1.165, 1.54) is 23.5 Å². The Labute approximate surface area is 163 Å². The monoisotopic (exact) mass is 402 g/mol. The molecule has 150 valence electrons. The lowest BCUT2D eigenvalue weighted by Crippen LogP contribution is -2.36. The summed E-state index contributed by atoms with van der Waals surface area (Å²) in [5.41, 5.74) is 0.103. The molecule has 7 nitrogen and oxygen atoms in total. The van der Waals surface area contributed by atoms with Gasteiger partial charge in [-0.2, -0.15) is 13.2 Å². The van der Waals surface area contributed by atoms with Gasteiger partial charge in [0.05, 0.1) is 34.4 Å². The Bertz CT molecular complexity index is 1080. The largest absolute Gasteiger partial charge is 0.419 e. The second kappa shape index (κ2) is 7.19. The molecule has 0 atom stereocenters. The third-order valence-electron chi connectivity index (χ3n) is 4.76. The number of anilines is 2. The van der Waals surface area contributed by atoms with Crippen LogP contribution in [0.25, 0.3) is 11.0 Å². The first-order valence-corrected chi connectivity index (χ1v) is 8.94. The predicted octanol–water partition coefficient (Wildman–Crippen LogP) is 3.85. The summed E-state index contributed by atoms with van der Waals surface area (Å²) in [6.07, 6.45) is 1.62. The van der Waals surface area contributed by atoms with E-state index < -0.39 is 17.6 Å². The summed E-state index contributed by atoms with van der Waals surface area (Å²) in [7, 11) is 0. The van der Waals surface area contributed by atoms with Crippen molar-refractivity contribution in [3.8, 4) is 0 Å². The van der Waals surface area contributed by atoms with Crippen LogP contribution in [0.3, 0.4) is 0 Å². The van der Waals surface area contributed by atoms with Gasteiger partial charge in [-0.05, 0) is 25.0 Å². The summed E-state index contributed by atoms with van der Waals surface area (Å²) < 4.78 is 41.3. The van der Waals surface area contributed by atoms with Gasteiger partial charge in [-0.25, -0.2) is 4.98 Å². The van der Waals surface area contributed by atoms with Crippen LogP contribution in [-0.2, 0) is 6.18 Å². The molecule has 0 bridgehead atoms. The average Bonchev–Trinajstić information content (AvgIpc) is 3.10. The van der Waals surface area contributed by atoms with Crippen molar-refractivity contribution in [3.05, 3.63) is 48.0 Å². The van der Waals surface area contributed by atoms with Gasteiger partial charge in [-0.1, -0.05) is 0 Å². The zero-order valence-electron chi connectivity index (χ0n) is 15.2. The molecule has 0 radical (unpaired) electrons. The van der Waals surface area contributed by atoms with E-state index in [9.17, 15) is 18.0 Å². The number of aromatic amines is 1. The number of carbonyl (C=O) groups excluding carboxylic acids is 1. The molecule has 1 aliphatic heterocycles. The molecular formula is C19H17F3N6O. The lowest BCUT2D eigenvalue weighted by molar-refractivity contribution is -0.137. The number of carbonyl (C=O) groups is 1. The molecule has 3 aromatic rings. The second-order valence-corrected chi connectivity index (χ2v) is 6.77. The Hall–Kier alpha value is -3.43. The second-order valence-electron chi connectivity index (χ2n) is 6.77. The van der Waals surface area contributed by atoms with E-state index >= 15 is 0 Å². The van der Waals surface area contributed by atoms with Gasteiger partial charge in [0.1, 0.15) is 5.65 Å². The molecular weight excluding hydrogens is 385 g/mol. The third-order valence-corrected chi connectivity index (χ3v) is 4.76. The number of nitrogens with one attached hydrogen (secondary N) is 3. The molecule has 3 N–H and O–H groups in total. The Morgan fingerprint density at radius 1 is 1.31 bits per heavy atom. The summed E-state index contributed by atoms with van der Waals surface area (Å²) in [4.78, 5) is 24.7. The molecule has 1 fully saturated rings. The number of rotatable bonds is 3. The topological polar surface area (TPSA) is 97.8 Å². The number of halogens is 3. The van der Waals surface area contributed by atoms with Crippen LogP contribution in [0.5, 0.6) is 0 Å². The smallest absolute Gasteiger partial charge is 0.365 e. The Morgan fingerprint density at radius 3 is 2.83 bits per heavy atom. The van der Waals surface area contributed by atoms with Gasteiger partial charge >= 0.3 is 6.18 Å². The van der Waals surface area contributed by atoms with Gasteiger partial charge in [0.25, 0.3) is 5.91 Å². The summed E-state index contributed by atoms with van der Waals surface area (Å²) in [5, 5.41) is 10.7. The maximum atomic E-state index is 13.8. The molecule has 0 aromatic carbocycles. The fraction of sp³-hybridized carbons (Fsp3) is 0.263. The van der Waals surface area contributed by atoms with Gasteiger partial charge in [-0.15, -0.1) is 0 Å². The van der Waals surface area contributed by atoms with Crippen LogP contribution in [0.1, 0.15) is 28.8 Å². The Morgan fingerprint density at radius 2 is 2.14 bits per heavy atom. The quantitative estimate of drug-likeness (QED) is 0.620. The first-order valence-electron chi connectivity index (χ1n) is 8.94. The summed E-state index contributed by atoms with van der Waals surface area (Å²) in [5.74, 6) is -0.492. The molecule has 1 saturated heterocycles. The van der Waals surface area contributed by atoms with Crippen LogP contribution < -0.4 is 10.2 Å². The summed E-state index contributed by atoms with van der Waals surface area (Å²) in [6.45, 7) is 0.481. The van der Waals surface area contributed by atoms with Crippen LogP contribution in [0.15, 0.2) is 36.9 Å². The molecule has 4 heterocycles. The molecule has 3 aromatic heterocycles. The molecule has 29 heavy (non-hydrogen) atoms. The van der Waals surface area contributed by atoms with Crippen LogP contribution in [-0.4, -0.2) is 39.7 Å². The minimum atomic E-state index is -4.63. The molecule has 0 aliphatic carbocycles. The summed E-state index contributed by atoms with van der Waals surface area (Å²) >= 11 is 0. The summed E-state index contributed by atoms with van der Waals surface area (Å²) in [6, 6.07) is 3.15. The SMILES string of the molecule is N=C1CCCN(c2c(C(F)(F)F)cnc3[nH]cc(NC(=O)c4cccnc4)c23)C1. The maximum absolute atomic E-state index is 13.8. The Balaban J connectivity index is 1.84. The van der Waals surface area contributed by atoms with Crippen molar-refractivity contribution in [1.82, 2.24) is 15.0 Å². The van der Waals surface area contributed by atoms with Crippen LogP contribution >= 0.6 is 0 Å². The van der Waals surface area contributed by atoms with Crippen molar-refractivity contribution >= 4 is 34.0 Å². The zero-order chi connectivity index (χ0) is 20.6. The van der Waals surface area contributed by atoms with E-state index in [-0.39, 0.29) is 34.5 Å². The highest BCUT2D eigenvalue weighted by Gasteiger charge is 2.38. The van der Waals surface area contributed by atoms with E-state index in [4.69, 9.17) is 5.41 Å². The van der Waals surface area contributed by atoms with Crippen molar-refractivity contribution in [2.24, 2.45) is 0 Å². The van der Waals surface area contributed by atoms with Gasteiger partial charge in [0.15, 0.2) is 0 Å². The minimum Gasteiger partial charge on any atom is -0.365 e. The van der Waals surface area contributed by atoms with Crippen molar-refractivity contribution in [1.29, 1.82) is 5.41 Å². The normalized spacial score (nSPS) is 15.0. The van der Waals surface area contributed by atoms with E-state index in [0.29, 0.717) is 25.1 Å². The lowest BCUT2D eigenvalue weighted by atomic mass is 10.0. The van der Waals surface area contributed by atoms with Crippen LogP contribution in [0.4, 0.5) is 24.5 Å². The van der Waals surface area contributed by atoms with Crippen molar-refractivity contribution in [2.75, 3.05) is 23.3 Å². The average molecular weight is 402 g/mol. The molecule has 1 aliphatic rings. The number of hydrogen-bond donors (Lipinski definition) is 3. The van der Waals surface area contributed by atoms with Gasteiger partial charge < -0.3 is 20.6 Å². The number of pyridine rings is 2. The number of amides is 1. The highest BCUT2D eigenvalue weighted by Crippen LogP contribution is 2.43. The number of hydrogen-bond acceptors (Lipinski definition) is 5. The fourth-order valence-corrected chi connectivity index (χ4v) is 3.47. The molecule has 1 amide bonds. The van der Waals surface area contributed by atoms with Crippen molar-refractivity contribution in [3.63, 3.8) is 0 Å². The van der Waals surface area contributed by atoms with Crippen molar-refractivity contribution in [2.45, 2.75) is 19.0 Å². The predicted molar refractivity (Wildman–Crippen MR) is 102 cm³/mol. The molecule has 0 unspecified atom stereocenters. The first kappa shape index (κ1) is 18.9. The number of fused-ring (bicyclic) bond motifs is 1. The number of piperidine rings is 1. The van der Waals surface area contributed by atoms with Gasteiger partial charge in [-0.3, -0.25) is 9.78 Å². The molecule has 0 spiro atoms. The standard InChI is InChI=1S/C19H17F3N6O/c20-19(21,22)13-8-25-17-15(16(13)28-6-2-4-12(23)10-28)14(9-26-17)27-18(29)11-3-1-5-24-7-11/h1,3,5,7-9,23H,2,4,6,10H2,(H,25,26)(H,27,29). The number of alkyl halides is 3.